The normalized spacial score (nSPS) is 12.2. The summed E-state index contributed by atoms with van der Waals surface area (Å²) in [5, 5.41) is 0.286. The average molecular weight is 477 g/mol. The quantitative estimate of drug-likeness (QED) is 0.434. The number of anilines is 1. The van der Waals surface area contributed by atoms with Gasteiger partial charge in [0, 0.05) is 0 Å². The van der Waals surface area contributed by atoms with Gasteiger partial charge in [-0.1, -0.05) is 24.3 Å². The van der Waals surface area contributed by atoms with Crippen LogP contribution in [0.5, 0.6) is 0 Å². The van der Waals surface area contributed by atoms with Crippen molar-refractivity contribution in [2.24, 2.45) is 0 Å². The van der Waals surface area contributed by atoms with Crippen LogP contribution in [0.25, 0.3) is 16.6 Å². The van der Waals surface area contributed by atoms with Crippen LogP contribution in [-0.4, -0.2) is 18.0 Å². The number of para-hydroxylation sites is 1. The number of fused-ring (bicyclic) bond motifs is 1. The van der Waals surface area contributed by atoms with E-state index in [9.17, 15) is 30.8 Å². The van der Waals surface area contributed by atoms with Crippen molar-refractivity contribution in [3.63, 3.8) is 0 Å². The predicted molar refractivity (Wildman–Crippen MR) is 114 cm³/mol. The lowest BCUT2D eigenvalue weighted by Gasteiger charge is -2.16. The maximum Gasteiger partial charge on any atom is 0.417 e. The van der Waals surface area contributed by atoms with E-state index in [-0.39, 0.29) is 16.9 Å². The third kappa shape index (κ3) is 4.19. The number of hydrogen-bond acceptors (Lipinski definition) is 4. The molecule has 0 aliphatic carbocycles. The SMILES string of the molecule is Cc1nc2ccccc2c(=O)n1-c1ccc(F)c(NS(=O)(=O)c2ccccc2C(F)(F)F)c1. The second-order valence-electron chi connectivity index (χ2n) is 7.08. The smallest absolute Gasteiger partial charge is 0.277 e. The lowest BCUT2D eigenvalue weighted by atomic mass is 10.2. The summed E-state index contributed by atoms with van der Waals surface area (Å²) in [4.78, 5) is 16.3. The molecular formula is C22H15F4N3O3S. The molecule has 1 N–H and O–H groups in total. The number of aromatic nitrogens is 2. The molecule has 0 fully saturated rings. The first kappa shape index (κ1) is 22.5. The van der Waals surface area contributed by atoms with E-state index in [4.69, 9.17) is 0 Å². The standard InChI is InChI=1S/C22H15F4N3O3S/c1-13-27-18-8-4-2-6-15(18)21(30)29(13)14-10-11-17(23)19(12-14)28-33(31,32)20-9-5-3-7-16(20)22(24,25)26/h2-12,28H,1H3. The number of halogens is 4. The minimum Gasteiger partial charge on any atom is -0.277 e. The van der Waals surface area contributed by atoms with Crippen LogP contribution in [0.2, 0.25) is 0 Å². The number of aryl methyl sites for hydroxylation is 1. The Hall–Kier alpha value is -3.73. The van der Waals surface area contributed by atoms with Crippen LogP contribution in [0, 0.1) is 12.7 Å². The molecule has 0 saturated carbocycles. The Labute approximate surface area is 185 Å². The minimum absolute atomic E-state index is 0.0824. The van der Waals surface area contributed by atoms with Gasteiger partial charge in [-0.2, -0.15) is 13.2 Å². The Balaban J connectivity index is 1.82. The fourth-order valence-corrected chi connectivity index (χ4v) is 4.70. The number of benzene rings is 3. The van der Waals surface area contributed by atoms with Crippen molar-refractivity contribution < 1.29 is 26.0 Å². The highest BCUT2D eigenvalue weighted by Crippen LogP contribution is 2.35. The Morgan fingerprint density at radius 1 is 0.970 bits per heavy atom. The lowest BCUT2D eigenvalue weighted by Crippen LogP contribution is -2.23. The molecule has 33 heavy (non-hydrogen) atoms. The van der Waals surface area contributed by atoms with Crippen LogP contribution >= 0.6 is 0 Å². The Morgan fingerprint density at radius 3 is 2.36 bits per heavy atom. The summed E-state index contributed by atoms with van der Waals surface area (Å²) in [6.07, 6.45) is -4.94. The van der Waals surface area contributed by atoms with Crippen molar-refractivity contribution in [2.75, 3.05) is 4.72 Å². The van der Waals surface area contributed by atoms with Gasteiger partial charge in [-0.05, 0) is 49.4 Å². The zero-order valence-corrected chi connectivity index (χ0v) is 17.7. The molecular weight excluding hydrogens is 462 g/mol. The van der Waals surface area contributed by atoms with Crippen LogP contribution in [0.1, 0.15) is 11.4 Å². The van der Waals surface area contributed by atoms with Crippen LogP contribution < -0.4 is 10.3 Å². The summed E-state index contributed by atoms with van der Waals surface area (Å²) in [5.41, 5.74) is -1.95. The van der Waals surface area contributed by atoms with E-state index in [2.05, 4.69) is 4.98 Å². The number of alkyl halides is 3. The van der Waals surface area contributed by atoms with Gasteiger partial charge in [0.15, 0.2) is 0 Å². The molecule has 0 unspecified atom stereocenters. The highest BCUT2D eigenvalue weighted by atomic mass is 32.2. The number of rotatable bonds is 4. The van der Waals surface area contributed by atoms with Crippen LogP contribution in [-0.2, 0) is 16.2 Å². The van der Waals surface area contributed by atoms with Gasteiger partial charge in [0.25, 0.3) is 15.6 Å². The van der Waals surface area contributed by atoms with Gasteiger partial charge in [0.2, 0.25) is 0 Å². The monoisotopic (exact) mass is 477 g/mol. The van der Waals surface area contributed by atoms with Crippen molar-refractivity contribution in [1.82, 2.24) is 9.55 Å². The third-order valence-corrected chi connectivity index (χ3v) is 6.30. The molecule has 11 heteroatoms. The topological polar surface area (TPSA) is 81.1 Å². The highest BCUT2D eigenvalue weighted by Gasteiger charge is 2.37. The lowest BCUT2D eigenvalue weighted by molar-refractivity contribution is -0.139. The molecule has 170 valence electrons. The van der Waals surface area contributed by atoms with Crippen LogP contribution in [0.3, 0.4) is 0 Å². The van der Waals surface area contributed by atoms with E-state index in [0.29, 0.717) is 11.6 Å². The zero-order valence-electron chi connectivity index (χ0n) is 16.9. The molecule has 0 saturated heterocycles. The number of hydrogen-bond donors (Lipinski definition) is 1. The number of nitrogens with zero attached hydrogens (tertiary/aromatic N) is 2. The molecule has 4 aromatic rings. The predicted octanol–water partition coefficient (Wildman–Crippen LogP) is 4.65. The van der Waals surface area contributed by atoms with Crippen LogP contribution in [0.15, 0.2) is 76.4 Å². The summed E-state index contributed by atoms with van der Waals surface area (Å²) >= 11 is 0. The Bertz CT molecular complexity index is 1550. The third-order valence-electron chi connectivity index (χ3n) is 4.88. The van der Waals surface area contributed by atoms with Gasteiger partial charge in [-0.15, -0.1) is 0 Å². The van der Waals surface area contributed by atoms with Crippen molar-refractivity contribution >= 4 is 26.6 Å². The molecule has 0 aliphatic rings. The molecule has 4 rings (SSSR count). The van der Waals surface area contributed by atoms with Gasteiger partial charge >= 0.3 is 6.18 Å². The second-order valence-corrected chi connectivity index (χ2v) is 8.73. The summed E-state index contributed by atoms with van der Waals surface area (Å²) in [6, 6.07) is 13.3. The molecule has 1 aromatic heterocycles. The first-order valence-electron chi connectivity index (χ1n) is 9.46. The van der Waals surface area contributed by atoms with E-state index in [1.54, 1.807) is 31.2 Å². The van der Waals surface area contributed by atoms with Gasteiger partial charge < -0.3 is 0 Å². The zero-order chi connectivity index (χ0) is 24.0. The Morgan fingerprint density at radius 2 is 1.64 bits per heavy atom. The van der Waals surface area contributed by atoms with Gasteiger partial charge in [-0.3, -0.25) is 14.1 Å². The van der Waals surface area contributed by atoms with Gasteiger partial charge in [-0.25, -0.2) is 17.8 Å². The van der Waals surface area contributed by atoms with Crippen molar-refractivity contribution in [1.29, 1.82) is 0 Å². The fraction of sp³-hybridized carbons (Fsp3) is 0.0909. The van der Waals surface area contributed by atoms with E-state index in [0.717, 1.165) is 34.9 Å². The largest absolute Gasteiger partial charge is 0.417 e. The average Bonchev–Trinajstić information content (AvgIpc) is 2.75. The summed E-state index contributed by atoms with van der Waals surface area (Å²) in [5.74, 6) is -0.784. The van der Waals surface area contributed by atoms with E-state index < -0.39 is 43.7 Å². The van der Waals surface area contributed by atoms with Crippen LogP contribution in [0.4, 0.5) is 23.2 Å². The molecule has 3 aromatic carbocycles. The van der Waals surface area contributed by atoms with Gasteiger partial charge in [0.1, 0.15) is 11.6 Å². The number of nitrogens with one attached hydrogen (secondary N) is 1. The highest BCUT2D eigenvalue weighted by molar-refractivity contribution is 7.92. The van der Waals surface area contributed by atoms with Crippen molar-refractivity contribution in [3.05, 3.63) is 94.3 Å². The molecule has 0 bridgehead atoms. The summed E-state index contributed by atoms with van der Waals surface area (Å²) < 4.78 is 82.8. The van der Waals surface area contributed by atoms with Crippen molar-refractivity contribution in [3.8, 4) is 5.69 Å². The minimum atomic E-state index is -4.94. The number of sulfonamides is 1. The molecule has 1 heterocycles. The van der Waals surface area contributed by atoms with E-state index >= 15 is 0 Å². The molecule has 0 aliphatic heterocycles. The fourth-order valence-electron chi connectivity index (χ4n) is 3.41. The second kappa shape index (κ2) is 8.00. The maximum absolute atomic E-state index is 14.5. The summed E-state index contributed by atoms with van der Waals surface area (Å²) in [6.45, 7) is 1.54. The molecule has 0 radical (unpaired) electrons. The summed E-state index contributed by atoms with van der Waals surface area (Å²) in [7, 11) is -4.82. The first-order chi connectivity index (χ1) is 15.5. The molecule has 6 nitrogen and oxygen atoms in total. The first-order valence-corrected chi connectivity index (χ1v) is 10.9. The Kier molecular flexibility index (Phi) is 5.44. The van der Waals surface area contributed by atoms with E-state index in [1.165, 1.54) is 6.07 Å². The molecule has 0 atom stereocenters. The van der Waals surface area contributed by atoms with Crippen molar-refractivity contribution in [2.45, 2.75) is 18.0 Å². The molecule has 0 amide bonds. The molecule has 0 spiro atoms. The maximum atomic E-state index is 14.5. The van der Waals surface area contributed by atoms with Gasteiger partial charge in [0.05, 0.1) is 32.7 Å². The van der Waals surface area contributed by atoms with E-state index in [1.807, 2.05) is 4.72 Å².